The molecule has 0 saturated carbocycles. The minimum absolute atomic E-state index is 0.00655. The van der Waals surface area contributed by atoms with Crippen molar-refractivity contribution in [2.24, 2.45) is 5.73 Å². The lowest BCUT2D eigenvalue weighted by Crippen LogP contribution is -2.18. The summed E-state index contributed by atoms with van der Waals surface area (Å²) in [7, 11) is 0. The van der Waals surface area contributed by atoms with Crippen LogP contribution in [0.3, 0.4) is 0 Å². The van der Waals surface area contributed by atoms with Crippen LogP contribution >= 0.6 is 23.8 Å². The number of anilines is 1. The third-order valence-corrected chi connectivity index (χ3v) is 3.24. The third-order valence-electron chi connectivity index (χ3n) is 2.80. The van der Waals surface area contributed by atoms with E-state index in [0.717, 1.165) is 5.56 Å². The summed E-state index contributed by atoms with van der Waals surface area (Å²) in [6.45, 7) is 1.83. The van der Waals surface area contributed by atoms with Gasteiger partial charge in [-0.3, -0.25) is 4.79 Å². The summed E-state index contributed by atoms with van der Waals surface area (Å²) in [5.41, 5.74) is 7.43. The predicted molar refractivity (Wildman–Crippen MR) is 86.4 cm³/mol. The summed E-state index contributed by atoms with van der Waals surface area (Å²) in [6.07, 6.45) is 0. The van der Waals surface area contributed by atoms with Crippen LogP contribution in [0.25, 0.3) is 0 Å². The second-order valence-corrected chi connectivity index (χ2v) is 5.40. The van der Waals surface area contributed by atoms with Gasteiger partial charge >= 0.3 is 0 Å². The summed E-state index contributed by atoms with van der Waals surface area (Å²) in [6, 6.07) is 8.82. The number of rotatable bonds is 3. The van der Waals surface area contributed by atoms with Crippen molar-refractivity contribution in [2.45, 2.75) is 6.92 Å². The summed E-state index contributed by atoms with van der Waals surface area (Å²) in [4.78, 5) is 12.2. The van der Waals surface area contributed by atoms with Crippen LogP contribution in [0, 0.1) is 12.7 Å². The molecule has 6 heteroatoms. The van der Waals surface area contributed by atoms with E-state index in [2.05, 4.69) is 5.32 Å². The van der Waals surface area contributed by atoms with Gasteiger partial charge in [0.1, 0.15) is 10.8 Å². The van der Waals surface area contributed by atoms with Crippen molar-refractivity contribution >= 4 is 40.4 Å². The fraction of sp³-hybridized carbons (Fsp3) is 0.0667. The second-order valence-electron chi connectivity index (χ2n) is 4.53. The third kappa shape index (κ3) is 3.77. The number of amides is 1. The van der Waals surface area contributed by atoms with E-state index in [1.807, 2.05) is 6.92 Å². The molecule has 0 aromatic heterocycles. The quantitative estimate of drug-likeness (QED) is 0.848. The van der Waals surface area contributed by atoms with Crippen LogP contribution in [0.2, 0.25) is 5.02 Å². The highest BCUT2D eigenvalue weighted by Gasteiger charge is 2.12. The Morgan fingerprint density at radius 1 is 1.29 bits per heavy atom. The van der Waals surface area contributed by atoms with E-state index in [9.17, 15) is 9.18 Å². The average Bonchev–Trinajstić information content (AvgIpc) is 2.39. The Morgan fingerprint density at radius 2 is 2.00 bits per heavy atom. The van der Waals surface area contributed by atoms with Gasteiger partial charge in [-0.2, -0.15) is 0 Å². The van der Waals surface area contributed by atoms with E-state index >= 15 is 0 Å². The molecule has 2 rings (SSSR count). The van der Waals surface area contributed by atoms with Gasteiger partial charge in [0.2, 0.25) is 0 Å². The van der Waals surface area contributed by atoms with Crippen molar-refractivity contribution in [1.29, 1.82) is 0 Å². The number of carbonyl (C=O) groups is 1. The first-order chi connectivity index (χ1) is 9.86. The number of thiocarbonyl (C=S) groups is 1. The molecule has 3 N–H and O–H groups in total. The molecule has 3 nitrogen and oxygen atoms in total. The van der Waals surface area contributed by atoms with E-state index in [4.69, 9.17) is 29.6 Å². The zero-order valence-corrected chi connectivity index (χ0v) is 12.7. The topological polar surface area (TPSA) is 55.1 Å². The van der Waals surface area contributed by atoms with Crippen molar-refractivity contribution in [1.82, 2.24) is 0 Å². The zero-order valence-electron chi connectivity index (χ0n) is 11.1. The maximum Gasteiger partial charge on any atom is 0.255 e. The van der Waals surface area contributed by atoms with Gasteiger partial charge in [-0.15, -0.1) is 0 Å². The molecular weight excluding hydrogens is 311 g/mol. The molecule has 0 fully saturated rings. The SMILES string of the molecule is Cc1cc(Cl)cc(C(=O)Nc2ccc(F)cc2C(N)=S)c1. The Hall–Kier alpha value is -1.98. The Labute approximate surface area is 131 Å². The molecular formula is C15H12ClFN2OS. The van der Waals surface area contributed by atoms with Crippen LogP contribution in [0.5, 0.6) is 0 Å². The number of nitrogens with one attached hydrogen (secondary N) is 1. The first-order valence-corrected chi connectivity index (χ1v) is 6.83. The first kappa shape index (κ1) is 15.4. The fourth-order valence-electron chi connectivity index (χ4n) is 1.89. The van der Waals surface area contributed by atoms with E-state index in [-0.39, 0.29) is 16.5 Å². The van der Waals surface area contributed by atoms with Crippen molar-refractivity contribution in [3.8, 4) is 0 Å². The molecule has 0 aliphatic carbocycles. The van der Waals surface area contributed by atoms with Crippen LogP contribution in [0.4, 0.5) is 10.1 Å². The van der Waals surface area contributed by atoms with Crippen molar-refractivity contribution in [3.05, 3.63) is 63.9 Å². The summed E-state index contributed by atoms with van der Waals surface area (Å²) in [5.74, 6) is -0.848. The highest BCUT2D eigenvalue weighted by molar-refractivity contribution is 7.80. The minimum Gasteiger partial charge on any atom is -0.389 e. The van der Waals surface area contributed by atoms with Gasteiger partial charge in [-0.1, -0.05) is 23.8 Å². The van der Waals surface area contributed by atoms with E-state index < -0.39 is 5.82 Å². The molecule has 0 bridgehead atoms. The van der Waals surface area contributed by atoms with Gasteiger partial charge in [0, 0.05) is 16.1 Å². The maximum atomic E-state index is 13.2. The monoisotopic (exact) mass is 322 g/mol. The number of nitrogens with two attached hydrogens (primary N) is 1. The lowest BCUT2D eigenvalue weighted by molar-refractivity contribution is 0.102. The van der Waals surface area contributed by atoms with Crippen LogP contribution in [-0.2, 0) is 0 Å². The normalized spacial score (nSPS) is 10.2. The molecule has 0 spiro atoms. The van der Waals surface area contributed by atoms with Gasteiger partial charge in [0.05, 0.1) is 5.69 Å². The standard InChI is InChI=1S/C15H12ClFN2OS/c1-8-4-9(6-10(16)5-8)15(20)19-13-3-2-11(17)7-12(13)14(18)21/h2-7H,1H3,(H2,18,21)(H,19,20). The molecule has 0 atom stereocenters. The average molecular weight is 323 g/mol. The number of halogens is 2. The summed E-state index contributed by atoms with van der Waals surface area (Å²) < 4.78 is 13.2. The molecule has 2 aromatic rings. The molecule has 0 radical (unpaired) electrons. The van der Waals surface area contributed by atoms with Gasteiger partial charge in [-0.05, 0) is 48.9 Å². The maximum absolute atomic E-state index is 13.2. The fourth-order valence-corrected chi connectivity index (χ4v) is 2.35. The molecule has 0 unspecified atom stereocenters. The van der Waals surface area contributed by atoms with Crippen LogP contribution in [0.1, 0.15) is 21.5 Å². The van der Waals surface area contributed by atoms with E-state index in [1.54, 1.807) is 18.2 Å². The van der Waals surface area contributed by atoms with Gasteiger partial charge in [0.25, 0.3) is 5.91 Å². The van der Waals surface area contributed by atoms with Crippen molar-refractivity contribution < 1.29 is 9.18 Å². The highest BCUT2D eigenvalue weighted by atomic mass is 35.5. The molecule has 0 aliphatic rings. The number of hydrogen-bond acceptors (Lipinski definition) is 2. The predicted octanol–water partition coefficient (Wildman–Crippen LogP) is 3.67. The molecule has 0 aliphatic heterocycles. The number of benzene rings is 2. The van der Waals surface area contributed by atoms with E-state index in [1.165, 1.54) is 18.2 Å². The van der Waals surface area contributed by atoms with Crippen molar-refractivity contribution in [3.63, 3.8) is 0 Å². The number of carbonyl (C=O) groups excluding carboxylic acids is 1. The largest absolute Gasteiger partial charge is 0.389 e. The van der Waals surface area contributed by atoms with E-state index in [0.29, 0.717) is 16.3 Å². The molecule has 108 valence electrons. The lowest BCUT2D eigenvalue weighted by atomic mass is 10.1. The smallest absolute Gasteiger partial charge is 0.255 e. The highest BCUT2D eigenvalue weighted by Crippen LogP contribution is 2.20. The summed E-state index contributed by atoms with van der Waals surface area (Å²) >= 11 is 10.8. The van der Waals surface area contributed by atoms with Crippen LogP contribution in [0.15, 0.2) is 36.4 Å². The first-order valence-electron chi connectivity index (χ1n) is 6.04. The Balaban J connectivity index is 2.33. The van der Waals surface area contributed by atoms with Crippen LogP contribution < -0.4 is 11.1 Å². The van der Waals surface area contributed by atoms with Gasteiger partial charge < -0.3 is 11.1 Å². The number of hydrogen-bond donors (Lipinski definition) is 2. The Kier molecular flexibility index (Phi) is 4.55. The summed E-state index contributed by atoms with van der Waals surface area (Å²) in [5, 5.41) is 3.12. The second kappa shape index (κ2) is 6.20. The Morgan fingerprint density at radius 3 is 2.62 bits per heavy atom. The van der Waals surface area contributed by atoms with Gasteiger partial charge in [0.15, 0.2) is 0 Å². The Bertz CT molecular complexity index is 713. The molecule has 0 saturated heterocycles. The molecule has 0 heterocycles. The molecule has 1 amide bonds. The van der Waals surface area contributed by atoms with Gasteiger partial charge in [-0.25, -0.2) is 4.39 Å². The lowest BCUT2D eigenvalue weighted by Gasteiger charge is -2.11. The molecule has 21 heavy (non-hydrogen) atoms. The zero-order chi connectivity index (χ0) is 15.6. The number of aryl methyl sites for hydroxylation is 1. The minimum atomic E-state index is -0.477. The molecule has 2 aromatic carbocycles. The van der Waals surface area contributed by atoms with Crippen molar-refractivity contribution in [2.75, 3.05) is 5.32 Å². The van der Waals surface area contributed by atoms with Crippen LogP contribution in [-0.4, -0.2) is 10.9 Å².